The summed E-state index contributed by atoms with van der Waals surface area (Å²) in [6.45, 7) is 6.78. The molecule has 0 saturated heterocycles. The van der Waals surface area contributed by atoms with Crippen molar-refractivity contribution in [2.45, 2.75) is 26.8 Å². The number of fused-ring (bicyclic) bond motifs is 2. The van der Waals surface area contributed by atoms with Crippen LogP contribution in [0.4, 0.5) is 5.82 Å². The fourth-order valence-corrected chi connectivity index (χ4v) is 3.19. The third kappa shape index (κ3) is 3.28. The highest BCUT2D eigenvalue weighted by atomic mass is 35.5. The third-order valence-corrected chi connectivity index (χ3v) is 4.40. The van der Waals surface area contributed by atoms with Gasteiger partial charge in [-0.3, -0.25) is 0 Å². The van der Waals surface area contributed by atoms with E-state index in [9.17, 15) is 0 Å². The molecule has 0 bridgehead atoms. The summed E-state index contributed by atoms with van der Waals surface area (Å²) in [5, 5.41) is 7.82. The van der Waals surface area contributed by atoms with Crippen molar-refractivity contribution in [3.05, 3.63) is 42.7 Å². The van der Waals surface area contributed by atoms with Gasteiger partial charge in [0.05, 0.1) is 12.0 Å². The topological polar surface area (TPSA) is 78.8 Å². The standard InChI is InChI=1S/C20H21N5O.ClH/c1-4-26-16-8-7-13-9-15(6-5-14(13)10-16)18-17-19(21)22-11-23-20(17)25(24-18)12(2)3;/h5-12H,4H2,1-3H3,(H2,21,22,23);1H. The monoisotopic (exact) mass is 383 g/mol. The number of hydrogen-bond donors (Lipinski definition) is 1. The maximum absolute atomic E-state index is 6.15. The first-order valence-electron chi connectivity index (χ1n) is 8.74. The van der Waals surface area contributed by atoms with Gasteiger partial charge in [0.2, 0.25) is 0 Å². The van der Waals surface area contributed by atoms with Gasteiger partial charge in [0.1, 0.15) is 23.6 Å². The molecular formula is C20H22ClN5O. The molecule has 2 aromatic carbocycles. The van der Waals surface area contributed by atoms with Gasteiger partial charge in [-0.2, -0.15) is 5.10 Å². The summed E-state index contributed by atoms with van der Waals surface area (Å²) in [5.74, 6) is 1.32. The van der Waals surface area contributed by atoms with Gasteiger partial charge < -0.3 is 10.5 Å². The number of hydrogen-bond acceptors (Lipinski definition) is 5. The highest BCUT2D eigenvalue weighted by molar-refractivity contribution is 6.00. The van der Waals surface area contributed by atoms with Crippen molar-refractivity contribution in [3.8, 4) is 17.0 Å². The Kier molecular flexibility index (Phi) is 5.19. The van der Waals surface area contributed by atoms with Crippen molar-refractivity contribution in [1.82, 2.24) is 19.7 Å². The van der Waals surface area contributed by atoms with E-state index in [0.29, 0.717) is 12.4 Å². The fraction of sp³-hybridized carbons (Fsp3) is 0.250. The molecule has 140 valence electrons. The normalized spacial score (nSPS) is 11.1. The molecule has 7 heteroatoms. The minimum atomic E-state index is 0. The third-order valence-electron chi connectivity index (χ3n) is 4.40. The quantitative estimate of drug-likeness (QED) is 0.555. The minimum Gasteiger partial charge on any atom is -0.494 e. The Balaban J connectivity index is 0.00000210. The van der Waals surface area contributed by atoms with E-state index in [4.69, 9.17) is 15.6 Å². The van der Waals surface area contributed by atoms with Gasteiger partial charge in [-0.05, 0) is 49.7 Å². The second-order valence-electron chi connectivity index (χ2n) is 6.50. The molecule has 0 amide bonds. The summed E-state index contributed by atoms with van der Waals surface area (Å²) < 4.78 is 7.48. The van der Waals surface area contributed by atoms with Crippen molar-refractivity contribution in [3.63, 3.8) is 0 Å². The number of aromatic nitrogens is 4. The average Bonchev–Trinajstić information content (AvgIpc) is 3.03. The van der Waals surface area contributed by atoms with Crippen molar-refractivity contribution in [2.24, 2.45) is 0 Å². The highest BCUT2D eigenvalue weighted by Crippen LogP contribution is 2.33. The number of ether oxygens (including phenoxy) is 1. The summed E-state index contributed by atoms with van der Waals surface area (Å²) in [4.78, 5) is 8.55. The number of rotatable bonds is 4. The smallest absolute Gasteiger partial charge is 0.164 e. The van der Waals surface area contributed by atoms with Crippen molar-refractivity contribution in [2.75, 3.05) is 12.3 Å². The maximum atomic E-state index is 6.15. The summed E-state index contributed by atoms with van der Waals surface area (Å²) in [5.41, 5.74) is 8.71. The number of nitrogens with zero attached hydrogens (tertiary/aromatic N) is 4. The Morgan fingerprint density at radius 3 is 2.56 bits per heavy atom. The Labute approximate surface area is 163 Å². The predicted octanol–water partition coefficient (Wildman–Crippen LogP) is 4.63. The van der Waals surface area contributed by atoms with E-state index in [1.807, 2.05) is 23.7 Å². The minimum absolute atomic E-state index is 0. The Morgan fingerprint density at radius 1 is 1.07 bits per heavy atom. The summed E-state index contributed by atoms with van der Waals surface area (Å²) in [6.07, 6.45) is 1.48. The largest absolute Gasteiger partial charge is 0.494 e. The zero-order valence-electron chi connectivity index (χ0n) is 15.5. The van der Waals surface area contributed by atoms with Gasteiger partial charge in [0, 0.05) is 11.6 Å². The van der Waals surface area contributed by atoms with Crippen LogP contribution in [0, 0.1) is 0 Å². The molecule has 2 aromatic heterocycles. The molecule has 27 heavy (non-hydrogen) atoms. The van der Waals surface area contributed by atoms with Crippen LogP contribution in [0.3, 0.4) is 0 Å². The molecule has 0 aliphatic rings. The lowest BCUT2D eigenvalue weighted by molar-refractivity contribution is 0.341. The first kappa shape index (κ1) is 18.9. The molecule has 0 unspecified atom stereocenters. The van der Waals surface area contributed by atoms with Crippen LogP contribution in [-0.4, -0.2) is 26.4 Å². The van der Waals surface area contributed by atoms with E-state index in [1.54, 1.807) is 0 Å². The fourth-order valence-electron chi connectivity index (χ4n) is 3.19. The van der Waals surface area contributed by atoms with Gasteiger partial charge in [0.25, 0.3) is 0 Å². The molecule has 0 spiro atoms. The summed E-state index contributed by atoms with van der Waals surface area (Å²) in [7, 11) is 0. The van der Waals surface area contributed by atoms with Gasteiger partial charge >= 0.3 is 0 Å². The van der Waals surface area contributed by atoms with E-state index in [-0.39, 0.29) is 18.4 Å². The predicted molar refractivity (Wildman–Crippen MR) is 111 cm³/mol. The highest BCUT2D eigenvalue weighted by Gasteiger charge is 2.18. The molecule has 2 N–H and O–H groups in total. The van der Waals surface area contributed by atoms with E-state index < -0.39 is 0 Å². The molecule has 0 atom stereocenters. The zero-order chi connectivity index (χ0) is 18.3. The second kappa shape index (κ2) is 7.40. The van der Waals surface area contributed by atoms with Crippen molar-refractivity contribution >= 4 is 40.0 Å². The number of anilines is 1. The van der Waals surface area contributed by atoms with Crippen molar-refractivity contribution in [1.29, 1.82) is 0 Å². The van der Waals surface area contributed by atoms with Crippen LogP contribution >= 0.6 is 12.4 Å². The van der Waals surface area contributed by atoms with Crippen LogP contribution in [0.2, 0.25) is 0 Å². The first-order chi connectivity index (χ1) is 12.6. The number of nitrogen functional groups attached to an aromatic ring is 1. The van der Waals surface area contributed by atoms with E-state index >= 15 is 0 Å². The van der Waals surface area contributed by atoms with Gasteiger partial charge in [0.15, 0.2) is 5.65 Å². The van der Waals surface area contributed by atoms with Crippen LogP contribution in [-0.2, 0) is 0 Å². The zero-order valence-corrected chi connectivity index (χ0v) is 16.3. The van der Waals surface area contributed by atoms with Crippen LogP contribution in [0.25, 0.3) is 33.1 Å². The lowest BCUT2D eigenvalue weighted by Crippen LogP contribution is -2.04. The SMILES string of the molecule is CCOc1ccc2cc(-c3nn(C(C)C)c4ncnc(N)c34)ccc2c1.Cl. The van der Waals surface area contributed by atoms with Crippen molar-refractivity contribution < 1.29 is 4.74 Å². The van der Waals surface area contributed by atoms with Gasteiger partial charge in [-0.15, -0.1) is 12.4 Å². The van der Waals surface area contributed by atoms with Crippen LogP contribution in [0.5, 0.6) is 5.75 Å². The van der Waals surface area contributed by atoms with Gasteiger partial charge in [-0.1, -0.05) is 18.2 Å². The number of nitrogens with two attached hydrogens (primary N) is 1. The average molecular weight is 384 g/mol. The summed E-state index contributed by atoms with van der Waals surface area (Å²) >= 11 is 0. The van der Waals surface area contributed by atoms with Gasteiger partial charge in [-0.25, -0.2) is 14.6 Å². The van der Waals surface area contributed by atoms with E-state index in [1.165, 1.54) is 6.33 Å². The molecular weight excluding hydrogens is 362 g/mol. The van der Waals surface area contributed by atoms with E-state index in [0.717, 1.165) is 38.8 Å². The van der Waals surface area contributed by atoms with Crippen LogP contribution in [0.1, 0.15) is 26.8 Å². The number of halogens is 1. The van der Waals surface area contributed by atoms with Crippen LogP contribution < -0.4 is 10.5 Å². The summed E-state index contributed by atoms with van der Waals surface area (Å²) in [6, 6.07) is 12.5. The molecule has 0 aliphatic heterocycles. The molecule has 0 fully saturated rings. The lowest BCUT2D eigenvalue weighted by atomic mass is 10.0. The van der Waals surface area contributed by atoms with E-state index in [2.05, 4.69) is 48.1 Å². The molecule has 0 radical (unpaired) electrons. The molecule has 4 aromatic rings. The Hall–Kier alpha value is -2.86. The molecule has 6 nitrogen and oxygen atoms in total. The molecule has 2 heterocycles. The lowest BCUT2D eigenvalue weighted by Gasteiger charge is -2.06. The first-order valence-corrected chi connectivity index (χ1v) is 8.74. The molecule has 0 saturated carbocycles. The maximum Gasteiger partial charge on any atom is 0.164 e. The Bertz CT molecular complexity index is 1110. The number of benzene rings is 2. The second-order valence-corrected chi connectivity index (χ2v) is 6.50. The Morgan fingerprint density at radius 2 is 1.81 bits per heavy atom. The molecule has 4 rings (SSSR count). The molecule has 0 aliphatic carbocycles. The van der Waals surface area contributed by atoms with Crippen LogP contribution in [0.15, 0.2) is 42.7 Å².